The molecule has 150 valence electrons. The Hall–Kier alpha value is -2.21. The van der Waals surface area contributed by atoms with Crippen molar-refractivity contribution in [2.45, 2.75) is 52.2 Å². The van der Waals surface area contributed by atoms with E-state index in [0.717, 1.165) is 10.0 Å². The van der Waals surface area contributed by atoms with Gasteiger partial charge in [0.1, 0.15) is 11.9 Å². The number of halogens is 2. The first-order valence-corrected chi connectivity index (χ1v) is 9.95. The molecule has 4 nitrogen and oxygen atoms in total. The molecule has 0 heterocycles. The highest BCUT2D eigenvalue weighted by Gasteiger charge is 2.28. The number of nitrogens with one attached hydrogen (secondary N) is 1. The van der Waals surface area contributed by atoms with Crippen LogP contribution in [0.3, 0.4) is 0 Å². The van der Waals surface area contributed by atoms with Gasteiger partial charge in [0.15, 0.2) is 0 Å². The van der Waals surface area contributed by atoms with Gasteiger partial charge in [-0.2, -0.15) is 0 Å². The van der Waals surface area contributed by atoms with E-state index in [9.17, 15) is 14.0 Å². The molecule has 0 unspecified atom stereocenters. The lowest BCUT2D eigenvalue weighted by Gasteiger charge is -2.31. The zero-order chi connectivity index (χ0) is 20.9. The minimum absolute atomic E-state index is 0.103. The van der Waals surface area contributed by atoms with Crippen LogP contribution in [0, 0.1) is 5.82 Å². The third-order valence-electron chi connectivity index (χ3n) is 4.21. The summed E-state index contributed by atoms with van der Waals surface area (Å²) >= 11 is 3.43. The Morgan fingerprint density at radius 2 is 1.82 bits per heavy atom. The fourth-order valence-electron chi connectivity index (χ4n) is 2.79. The molecule has 0 radical (unpaired) electrons. The van der Waals surface area contributed by atoms with E-state index in [2.05, 4.69) is 21.2 Å². The standard InChI is InChI=1S/C22H26BrFN2O2/c1-15(21(28)25-22(2,3)4)26(14-16-8-7-10-18(23)12-16)20(27)13-17-9-5-6-11-19(17)24/h5-12,15H,13-14H2,1-4H3,(H,25,28)/t15-/m0/s1. The largest absolute Gasteiger partial charge is 0.350 e. The summed E-state index contributed by atoms with van der Waals surface area (Å²) in [5.74, 6) is -0.976. The van der Waals surface area contributed by atoms with Crippen LogP contribution in [-0.4, -0.2) is 28.3 Å². The van der Waals surface area contributed by atoms with Crippen LogP contribution in [0.1, 0.15) is 38.8 Å². The van der Waals surface area contributed by atoms with Crippen molar-refractivity contribution in [1.29, 1.82) is 0 Å². The normalized spacial score (nSPS) is 12.4. The van der Waals surface area contributed by atoms with Crippen molar-refractivity contribution in [2.75, 3.05) is 0 Å². The lowest BCUT2D eigenvalue weighted by Crippen LogP contribution is -2.52. The lowest BCUT2D eigenvalue weighted by atomic mass is 10.1. The minimum atomic E-state index is -0.697. The zero-order valence-corrected chi connectivity index (χ0v) is 18.2. The van der Waals surface area contributed by atoms with Crippen molar-refractivity contribution in [3.63, 3.8) is 0 Å². The first-order chi connectivity index (χ1) is 13.1. The van der Waals surface area contributed by atoms with E-state index < -0.39 is 17.4 Å². The molecule has 0 bridgehead atoms. The maximum absolute atomic E-state index is 14.0. The average Bonchev–Trinajstić information content (AvgIpc) is 2.59. The summed E-state index contributed by atoms with van der Waals surface area (Å²) in [6, 6.07) is 13.1. The molecule has 2 rings (SSSR count). The van der Waals surface area contributed by atoms with E-state index in [4.69, 9.17) is 0 Å². The SMILES string of the molecule is C[C@@H](C(=O)NC(C)(C)C)N(Cc1cccc(Br)c1)C(=O)Cc1ccccc1F. The number of benzene rings is 2. The van der Waals surface area contributed by atoms with Gasteiger partial charge in [0.2, 0.25) is 11.8 Å². The van der Waals surface area contributed by atoms with E-state index in [1.165, 1.54) is 11.0 Å². The van der Waals surface area contributed by atoms with Crippen LogP contribution in [0.25, 0.3) is 0 Å². The Labute approximate surface area is 174 Å². The Morgan fingerprint density at radius 3 is 2.43 bits per heavy atom. The monoisotopic (exact) mass is 448 g/mol. The molecule has 1 N–H and O–H groups in total. The first-order valence-electron chi connectivity index (χ1n) is 9.16. The molecule has 28 heavy (non-hydrogen) atoms. The summed E-state index contributed by atoms with van der Waals surface area (Å²) in [4.78, 5) is 27.2. The Kier molecular flexibility index (Phi) is 7.35. The van der Waals surface area contributed by atoms with Gasteiger partial charge in [-0.1, -0.05) is 46.3 Å². The first kappa shape index (κ1) is 22.1. The van der Waals surface area contributed by atoms with Gasteiger partial charge in [0, 0.05) is 16.6 Å². The predicted molar refractivity (Wildman–Crippen MR) is 112 cm³/mol. The molecular weight excluding hydrogens is 423 g/mol. The summed E-state index contributed by atoms with van der Waals surface area (Å²) in [6.45, 7) is 7.61. The summed E-state index contributed by atoms with van der Waals surface area (Å²) < 4.78 is 14.9. The maximum Gasteiger partial charge on any atom is 0.242 e. The van der Waals surface area contributed by atoms with E-state index in [1.54, 1.807) is 25.1 Å². The second-order valence-electron chi connectivity index (χ2n) is 7.83. The number of carbonyl (C=O) groups excluding carboxylic acids is 2. The van der Waals surface area contributed by atoms with Gasteiger partial charge in [-0.15, -0.1) is 0 Å². The molecule has 0 fully saturated rings. The van der Waals surface area contributed by atoms with E-state index >= 15 is 0 Å². The van der Waals surface area contributed by atoms with Gasteiger partial charge in [0.25, 0.3) is 0 Å². The van der Waals surface area contributed by atoms with Crippen LogP contribution in [0.15, 0.2) is 53.0 Å². The van der Waals surface area contributed by atoms with Gasteiger partial charge in [0.05, 0.1) is 6.42 Å². The second kappa shape index (κ2) is 9.32. The third-order valence-corrected chi connectivity index (χ3v) is 4.70. The van der Waals surface area contributed by atoms with Crippen LogP contribution in [0.5, 0.6) is 0 Å². The molecular formula is C22H26BrFN2O2. The smallest absolute Gasteiger partial charge is 0.242 e. The van der Waals surface area contributed by atoms with Gasteiger partial charge >= 0.3 is 0 Å². The Bertz CT molecular complexity index is 848. The van der Waals surface area contributed by atoms with Crippen molar-refractivity contribution in [2.24, 2.45) is 0 Å². The van der Waals surface area contributed by atoms with Crippen LogP contribution in [0.4, 0.5) is 4.39 Å². The summed E-state index contributed by atoms with van der Waals surface area (Å²) in [6.07, 6.45) is -0.103. The van der Waals surface area contributed by atoms with E-state index in [0.29, 0.717) is 5.56 Å². The quantitative estimate of drug-likeness (QED) is 0.708. The third kappa shape index (κ3) is 6.44. The van der Waals surface area contributed by atoms with Crippen LogP contribution < -0.4 is 5.32 Å². The molecule has 0 saturated heterocycles. The van der Waals surface area contributed by atoms with Crippen molar-refractivity contribution < 1.29 is 14.0 Å². The molecule has 2 amide bonds. The molecule has 1 atom stereocenters. The summed E-state index contributed by atoms with van der Waals surface area (Å²) in [5.41, 5.74) is 0.781. The lowest BCUT2D eigenvalue weighted by molar-refractivity contribution is -0.140. The topological polar surface area (TPSA) is 49.4 Å². The number of nitrogens with zero attached hydrogens (tertiary/aromatic N) is 1. The Balaban J connectivity index is 2.27. The summed E-state index contributed by atoms with van der Waals surface area (Å²) in [5, 5.41) is 2.91. The van der Waals surface area contributed by atoms with Crippen LogP contribution in [0.2, 0.25) is 0 Å². The average molecular weight is 449 g/mol. The number of hydrogen-bond acceptors (Lipinski definition) is 2. The zero-order valence-electron chi connectivity index (χ0n) is 16.6. The van der Waals surface area contributed by atoms with Gasteiger partial charge < -0.3 is 10.2 Å². The van der Waals surface area contributed by atoms with Crippen molar-refractivity contribution in [3.05, 3.63) is 69.9 Å². The number of hydrogen-bond donors (Lipinski definition) is 1. The van der Waals surface area contributed by atoms with Crippen LogP contribution >= 0.6 is 15.9 Å². The molecule has 2 aromatic rings. The van der Waals surface area contributed by atoms with Gasteiger partial charge in [-0.3, -0.25) is 9.59 Å². The van der Waals surface area contributed by atoms with E-state index in [1.807, 2.05) is 45.0 Å². The number of rotatable bonds is 6. The highest BCUT2D eigenvalue weighted by Crippen LogP contribution is 2.17. The highest BCUT2D eigenvalue weighted by atomic mass is 79.9. The Morgan fingerprint density at radius 1 is 1.14 bits per heavy atom. The second-order valence-corrected chi connectivity index (χ2v) is 8.75. The molecule has 0 aliphatic carbocycles. The van der Waals surface area contributed by atoms with Crippen LogP contribution in [-0.2, 0) is 22.6 Å². The molecule has 0 spiro atoms. The van der Waals surface area contributed by atoms with Gasteiger partial charge in [-0.25, -0.2) is 4.39 Å². The van der Waals surface area contributed by atoms with E-state index in [-0.39, 0.29) is 24.8 Å². The molecule has 0 aliphatic heterocycles. The van der Waals surface area contributed by atoms with Gasteiger partial charge in [-0.05, 0) is 57.0 Å². The van der Waals surface area contributed by atoms with Crippen molar-refractivity contribution in [3.8, 4) is 0 Å². The fraction of sp³-hybridized carbons (Fsp3) is 0.364. The molecule has 0 aliphatic rings. The number of amides is 2. The highest BCUT2D eigenvalue weighted by molar-refractivity contribution is 9.10. The predicted octanol–water partition coefficient (Wildman–Crippen LogP) is 4.46. The summed E-state index contributed by atoms with van der Waals surface area (Å²) in [7, 11) is 0. The maximum atomic E-state index is 14.0. The molecule has 0 saturated carbocycles. The van der Waals surface area contributed by atoms with Crippen molar-refractivity contribution in [1.82, 2.24) is 10.2 Å². The number of carbonyl (C=O) groups is 2. The molecule has 0 aromatic heterocycles. The minimum Gasteiger partial charge on any atom is -0.350 e. The molecule has 6 heteroatoms. The fourth-order valence-corrected chi connectivity index (χ4v) is 3.24. The molecule has 2 aromatic carbocycles. The van der Waals surface area contributed by atoms with Crippen molar-refractivity contribution >= 4 is 27.7 Å².